The van der Waals surface area contributed by atoms with E-state index in [-0.39, 0.29) is 25.2 Å². The summed E-state index contributed by atoms with van der Waals surface area (Å²) in [6, 6.07) is 12.2. The Hall–Kier alpha value is -3.28. The van der Waals surface area contributed by atoms with Crippen molar-refractivity contribution in [1.82, 2.24) is 0 Å². The first-order valence-electron chi connectivity index (χ1n) is 16.1. The smallest absolute Gasteiger partial charge is 0.344 e. The number of benzene rings is 3. The summed E-state index contributed by atoms with van der Waals surface area (Å²) in [5.41, 5.74) is 2.22. The van der Waals surface area contributed by atoms with Gasteiger partial charge < -0.3 is 18.9 Å². The number of rotatable bonds is 20. The molecule has 0 fully saturated rings. The number of carbonyl (C=O) groups excluding carboxylic acids is 2. The third-order valence-electron chi connectivity index (χ3n) is 7.68. The Kier molecular flexibility index (Phi) is 14.5. The maximum Gasteiger partial charge on any atom is 0.344 e. The third-order valence-corrected chi connectivity index (χ3v) is 7.68. The van der Waals surface area contributed by atoms with E-state index in [0.717, 1.165) is 84.0 Å². The zero-order chi connectivity index (χ0) is 30.2. The van der Waals surface area contributed by atoms with Crippen LogP contribution in [-0.4, -0.2) is 38.4 Å². The lowest BCUT2D eigenvalue weighted by Crippen LogP contribution is -2.17. The highest BCUT2D eigenvalue weighted by Gasteiger charge is 2.21. The van der Waals surface area contributed by atoms with E-state index in [1.165, 1.54) is 25.7 Å². The van der Waals surface area contributed by atoms with E-state index in [1.54, 1.807) is 0 Å². The summed E-state index contributed by atoms with van der Waals surface area (Å²) in [5, 5.41) is 3.43. The molecule has 0 N–H and O–H groups in total. The van der Waals surface area contributed by atoms with Gasteiger partial charge in [0, 0.05) is 21.5 Å². The summed E-state index contributed by atoms with van der Waals surface area (Å²) in [4.78, 5) is 25.2. The largest absolute Gasteiger partial charge is 0.481 e. The summed E-state index contributed by atoms with van der Waals surface area (Å²) in [7, 11) is 0. The molecule has 3 rings (SSSR count). The van der Waals surface area contributed by atoms with E-state index >= 15 is 0 Å². The van der Waals surface area contributed by atoms with Crippen molar-refractivity contribution in [2.24, 2.45) is 0 Å². The number of fused-ring (bicyclic) bond motifs is 2. The zero-order valence-corrected chi connectivity index (χ0v) is 26.2. The highest BCUT2D eigenvalue weighted by molar-refractivity contribution is 6.12. The van der Waals surface area contributed by atoms with Crippen LogP contribution in [0.15, 0.2) is 36.4 Å². The number of hydrogen-bond acceptors (Lipinski definition) is 6. The Labute approximate surface area is 252 Å². The molecule has 0 aliphatic rings. The van der Waals surface area contributed by atoms with Gasteiger partial charge in [0.2, 0.25) is 0 Å². The molecule has 6 nitrogen and oxygen atoms in total. The van der Waals surface area contributed by atoms with Crippen molar-refractivity contribution in [2.45, 2.75) is 105 Å². The van der Waals surface area contributed by atoms with E-state index in [9.17, 15) is 9.59 Å². The molecule has 6 heteroatoms. The Morgan fingerprint density at radius 3 is 1.76 bits per heavy atom. The van der Waals surface area contributed by atoms with Gasteiger partial charge in [-0.3, -0.25) is 0 Å². The molecule has 0 saturated heterocycles. The Bertz CT molecular complexity index is 1280. The highest BCUT2D eigenvalue weighted by atomic mass is 16.6. The molecule has 0 aliphatic heterocycles. The molecule has 3 aromatic rings. The van der Waals surface area contributed by atoms with Crippen molar-refractivity contribution in [1.29, 1.82) is 0 Å². The molecule has 0 aliphatic carbocycles. The molecule has 230 valence electrons. The van der Waals surface area contributed by atoms with Crippen molar-refractivity contribution < 1.29 is 28.5 Å². The predicted octanol–water partition coefficient (Wildman–Crippen LogP) is 8.90. The SMILES string of the molecule is CCCCCCCOC(=O)COc1c2cc(CC)ccc2c(OCC(=O)OCCCCCCC)c2c(CC)cccc12. The van der Waals surface area contributed by atoms with Crippen molar-refractivity contribution in [2.75, 3.05) is 26.4 Å². The minimum atomic E-state index is -0.372. The normalized spacial score (nSPS) is 11.1. The van der Waals surface area contributed by atoms with Crippen LogP contribution in [0.4, 0.5) is 0 Å². The Balaban J connectivity index is 1.84. The summed E-state index contributed by atoms with van der Waals surface area (Å²) < 4.78 is 23.4. The van der Waals surface area contributed by atoms with Crippen molar-refractivity contribution in [3.8, 4) is 11.5 Å². The molecular weight excluding hydrogens is 528 g/mol. The maximum absolute atomic E-state index is 12.6. The van der Waals surface area contributed by atoms with Crippen LogP contribution >= 0.6 is 0 Å². The molecule has 0 unspecified atom stereocenters. The average Bonchev–Trinajstić information content (AvgIpc) is 3.01. The molecule has 0 heterocycles. The summed E-state index contributed by atoms with van der Waals surface area (Å²) in [6.07, 6.45) is 12.6. The van der Waals surface area contributed by atoms with Gasteiger partial charge in [0.1, 0.15) is 11.5 Å². The van der Waals surface area contributed by atoms with Gasteiger partial charge in [0.05, 0.1) is 13.2 Å². The van der Waals surface area contributed by atoms with Gasteiger partial charge in [-0.2, -0.15) is 0 Å². The van der Waals surface area contributed by atoms with Crippen LogP contribution in [0.25, 0.3) is 21.5 Å². The minimum absolute atomic E-state index is 0.169. The van der Waals surface area contributed by atoms with Gasteiger partial charge in [0.15, 0.2) is 13.2 Å². The van der Waals surface area contributed by atoms with Gasteiger partial charge in [-0.1, -0.05) is 109 Å². The number of hydrogen-bond donors (Lipinski definition) is 0. The van der Waals surface area contributed by atoms with Crippen LogP contribution in [0.1, 0.15) is 103 Å². The number of ether oxygens (including phenoxy) is 4. The lowest BCUT2D eigenvalue weighted by molar-refractivity contribution is -0.147. The molecule has 0 saturated carbocycles. The summed E-state index contributed by atoms with van der Waals surface area (Å²) in [6.45, 7) is 9.04. The Morgan fingerprint density at radius 2 is 1.19 bits per heavy atom. The van der Waals surface area contributed by atoms with Crippen LogP contribution in [0.5, 0.6) is 11.5 Å². The summed E-state index contributed by atoms with van der Waals surface area (Å²) in [5.74, 6) is 0.529. The van der Waals surface area contributed by atoms with Gasteiger partial charge in [-0.25, -0.2) is 9.59 Å². The fraction of sp³-hybridized carbons (Fsp3) is 0.556. The Morgan fingerprint density at radius 1 is 0.595 bits per heavy atom. The van der Waals surface area contributed by atoms with Gasteiger partial charge in [0.25, 0.3) is 0 Å². The lowest BCUT2D eigenvalue weighted by atomic mass is 9.94. The maximum atomic E-state index is 12.6. The number of esters is 2. The molecule has 42 heavy (non-hydrogen) atoms. The molecule has 0 spiro atoms. The first-order valence-corrected chi connectivity index (χ1v) is 16.1. The lowest BCUT2D eigenvalue weighted by Gasteiger charge is -2.20. The monoisotopic (exact) mass is 578 g/mol. The van der Waals surface area contributed by atoms with Crippen molar-refractivity contribution >= 4 is 33.5 Å². The van der Waals surface area contributed by atoms with Crippen LogP contribution in [0, 0.1) is 0 Å². The summed E-state index contributed by atoms with van der Waals surface area (Å²) >= 11 is 0. The van der Waals surface area contributed by atoms with Crippen molar-refractivity contribution in [3.63, 3.8) is 0 Å². The molecule has 0 amide bonds. The molecular formula is C36H50O6. The quantitative estimate of drug-likeness (QED) is 0.0757. The number of aryl methyl sites for hydroxylation is 2. The fourth-order valence-corrected chi connectivity index (χ4v) is 5.26. The van der Waals surface area contributed by atoms with E-state index in [4.69, 9.17) is 18.9 Å². The highest BCUT2D eigenvalue weighted by Crippen LogP contribution is 2.44. The van der Waals surface area contributed by atoms with E-state index in [2.05, 4.69) is 45.9 Å². The molecule has 3 aromatic carbocycles. The predicted molar refractivity (Wildman–Crippen MR) is 171 cm³/mol. The van der Waals surface area contributed by atoms with Gasteiger partial charge in [-0.15, -0.1) is 0 Å². The minimum Gasteiger partial charge on any atom is -0.481 e. The van der Waals surface area contributed by atoms with E-state index in [0.29, 0.717) is 24.7 Å². The van der Waals surface area contributed by atoms with E-state index < -0.39 is 0 Å². The molecule has 0 radical (unpaired) electrons. The van der Waals surface area contributed by atoms with Crippen molar-refractivity contribution in [3.05, 3.63) is 47.5 Å². The first-order chi connectivity index (χ1) is 20.5. The number of carbonyl (C=O) groups is 2. The van der Waals surface area contributed by atoms with Gasteiger partial charge in [-0.05, 0) is 42.9 Å². The molecule has 0 atom stereocenters. The molecule has 0 bridgehead atoms. The standard InChI is InChI=1S/C36H50O6/c1-5-9-11-13-15-22-39-32(37)25-41-35-30-19-17-18-28(8-4)34(30)36(29-21-20-27(7-3)24-31(29)35)42-26-33(38)40-23-16-14-12-10-6-2/h17-21,24H,5-16,22-23,25-26H2,1-4H3. The zero-order valence-electron chi connectivity index (χ0n) is 26.2. The van der Waals surface area contributed by atoms with Crippen LogP contribution in [-0.2, 0) is 31.9 Å². The second-order valence-corrected chi connectivity index (χ2v) is 10.9. The van der Waals surface area contributed by atoms with Crippen LogP contribution in [0.3, 0.4) is 0 Å². The van der Waals surface area contributed by atoms with Crippen LogP contribution in [0.2, 0.25) is 0 Å². The average molecular weight is 579 g/mol. The second-order valence-electron chi connectivity index (χ2n) is 10.9. The number of unbranched alkanes of at least 4 members (excludes halogenated alkanes) is 8. The third kappa shape index (κ3) is 9.64. The fourth-order valence-electron chi connectivity index (χ4n) is 5.26. The molecule has 0 aromatic heterocycles. The first kappa shape index (κ1) is 33.2. The topological polar surface area (TPSA) is 71.1 Å². The van der Waals surface area contributed by atoms with E-state index in [1.807, 2.05) is 18.2 Å². The second kappa shape index (κ2) is 18.3. The van der Waals surface area contributed by atoms with Gasteiger partial charge >= 0.3 is 11.9 Å². The van der Waals surface area contributed by atoms with Crippen LogP contribution < -0.4 is 9.47 Å².